The van der Waals surface area contributed by atoms with E-state index in [2.05, 4.69) is 44.8 Å². The van der Waals surface area contributed by atoms with E-state index in [-0.39, 0.29) is 11.6 Å². The molecule has 1 heterocycles. The van der Waals surface area contributed by atoms with Crippen LogP contribution in [-0.2, 0) is 9.47 Å². The number of rotatable bonds is 8. The van der Waals surface area contributed by atoms with E-state index < -0.39 is 0 Å². The molecule has 0 aromatic rings. The van der Waals surface area contributed by atoms with Crippen LogP contribution in [0.1, 0.15) is 41.0 Å². The predicted molar refractivity (Wildman–Crippen MR) is 79.6 cm³/mol. The molecule has 1 unspecified atom stereocenters. The van der Waals surface area contributed by atoms with E-state index in [4.69, 9.17) is 9.47 Å². The summed E-state index contributed by atoms with van der Waals surface area (Å²) >= 11 is 0. The Labute approximate surface area is 118 Å². The normalized spacial score (nSPS) is 19.9. The van der Waals surface area contributed by atoms with Crippen molar-refractivity contribution in [1.82, 2.24) is 10.2 Å². The molecule has 4 heteroatoms. The molecule has 0 radical (unpaired) electrons. The summed E-state index contributed by atoms with van der Waals surface area (Å²) in [6, 6.07) is 0.355. The number of morpholine rings is 1. The molecule has 0 aromatic carbocycles. The van der Waals surface area contributed by atoms with Crippen LogP contribution in [0.2, 0.25) is 0 Å². The Morgan fingerprint density at radius 1 is 1.26 bits per heavy atom. The van der Waals surface area contributed by atoms with Gasteiger partial charge in [-0.1, -0.05) is 6.92 Å². The molecule has 114 valence electrons. The van der Waals surface area contributed by atoms with Crippen molar-refractivity contribution >= 4 is 0 Å². The fourth-order valence-corrected chi connectivity index (χ4v) is 2.48. The van der Waals surface area contributed by atoms with Crippen molar-refractivity contribution in [2.24, 2.45) is 0 Å². The first-order chi connectivity index (χ1) is 8.98. The lowest BCUT2D eigenvalue weighted by atomic mass is 9.92. The highest BCUT2D eigenvalue weighted by Gasteiger charge is 2.36. The zero-order chi connectivity index (χ0) is 14.3. The van der Waals surface area contributed by atoms with E-state index in [0.29, 0.717) is 6.04 Å². The summed E-state index contributed by atoms with van der Waals surface area (Å²) in [6.07, 6.45) is 1.43. The third-order valence-electron chi connectivity index (χ3n) is 3.92. The lowest BCUT2D eigenvalue weighted by Gasteiger charge is -2.46. The summed E-state index contributed by atoms with van der Waals surface area (Å²) < 4.78 is 11.3. The summed E-state index contributed by atoms with van der Waals surface area (Å²) in [5, 5.41) is 3.65. The molecule has 1 aliphatic heterocycles. The van der Waals surface area contributed by atoms with Gasteiger partial charge in [-0.05, 0) is 40.7 Å². The Morgan fingerprint density at radius 3 is 2.42 bits per heavy atom. The van der Waals surface area contributed by atoms with Crippen molar-refractivity contribution in [3.63, 3.8) is 0 Å². The van der Waals surface area contributed by atoms with Crippen LogP contribution in [-0.4, -0.2) is 62.0 Å². The number of ether oxygens (including phenoxy) is 2. The summed E-state index contributed by atoms with van der Waals surface area (Å²) in [6.45, 7) is 16.5. The molecule has 1 saturated heterocycles. The van der Waals surface area contributed by atoms with Crippen LogP contribution in [0.4, 0.5) is 0 Å². The van der Waals surface area contributed by atoms with E-state index >= 15 is 0 Å². The summed E-state index contributed by atoms with van der Waals surface area (Å²) in [5.74, 6) is 0. The van der Waals surface area contributed by atoms with Gasteiger partial charge in [-0.15, -0.1) is 0 Å². The van der Waals surface area contributed by atoms with Gasteiger partial charge in [-0.2, -0.15) is 0 Å². The quantitative estimate of drug-likeness (QED) is 0.731. The fourth-order valence-electron chi connectivity index (χ4n) is 2.48. The highest BCUT2D eigenvalue weighted by Crippen LogP contribution is 2.21. The monoisotopic (exact) mass is 272 g/mol. The minimum absolute atomic E-state index is 0.0911. The first kappa shape index (κ1) is 16.9. The molecule has 0 amide bonds. The van der Waals surface area contributed by atoms with Crippen LogP contribution < -0.4 is 5.32 Å². The minimum Gasteiger partial charge on any atom is -0.379 e. The Balaban J connectivity index is 2.62. The molecule has 0 spiro atoms. The lowest BCUT2D eigenvalue weighted by Crippen LogP contribution is -2.62. The molecular weight excluding hydrogens is 240 g/mol. The fraction of sp³-hybridized carbons (Fsp3) is 1.00. The summed E-state index contributed by atoms with van der Waals surface area (Å²) in [4.78, 5) is 2.52. The topological polar surface area (TPSA) is 33.7 Å². The van der Waals surface area contributed by atoms with Gasteiger partial charge < -0.3 is 14.8 Å². The minimum atomic E-state index is 0.0911. The van der Waals surface area contributed by atoms with Gasteiger partial charge in [0.15, 0.2) is 0 Å². The molecule has 0 aliphatic carbocycles. The lowest BCUT2D eigenvalue weighted by molar-refractivity contribution is -0.0436. The molecule has 0 saturated carbocycles. The van der Waals surface area contributed by atoms with Crippen molar-refractivity contribution in [1.29, 1.82) is 0 Å². The van der Waals surface area contributed by atoms with E-state index in [1.807, 2.05) is 0 Å². The molecule has 1 rings (SSSR count). The Bertz CT molecular complexity index is 238. The first-order valence-corrected chi connectivity index (χ1v) is 7.66. The van der Waals surface area contributed by atoms with Gasteiger partial charge in [0.25, 0.3) is 0 Å². The van der Waals surface area contributed by atoms with Crippen LogP contribution in [0.15, 0.2) is 0 Å². The highest BCUT2D eigenvalue weighted by molar-refractivity contribution is 4.94. The summed E-state index contributed by atoms with van der Waals surface area (Å²) in [7, 11) is 0. The molecule has 1 aliphatic rings. The molecule has 1 fully saturated rings. The molecule has 0 bridgehead atoms. The van der Waals surface area contributed by atoms with Gasteiger partial charge in [0.1, 0.15) is 0 Å². The second-order valence-electron chi connectivity index (χ2n) is 6.14. The van der Waals surface area contributed by atoms with Crippen LogP contribution >= 0.6 is 0 Å². The third-order valence-corrected chi connectivity index (χ3v) is 3.92. The number of nitrogens with one attached hydrogen (secondary N) is 1. The number of hydrogen-bond donors (Lipinski definition) is 1. The van der Waals surface area contributed by atoms with E-state index in [1.54, 1.807) is 0 Å². The van der Waals surface area contributed by atoms with Crippen molar-refractivity contribution in [2.45, 2.75) is 58.7 Å². The standard InChI is InChI=1S/C15H32N2O2/c1-6-7-16-14(12-19-13(2)3)15(4,5)17-8-10-18-11-9-17/h13-14,16H,6-12H2,1-5H3. The van der Waals surface area contributed by atoms with Crippen LogP contribution in [0.5, 0.6) is 0 Å². The Kier molecular flexibility index (Phi) is 7.29. The Morgan fingerprint density at radius 2 is 1.89 bits per heavy atom. The smallest absolute Gasteiger partial charge is 0.0641 e. The van der Waals surface area contributed by atoms with E-state index in [0.717, 1.165) is 45.9 Å². The van der Waals surface area contributed by atoms with Gasteiger partial charge in [-0.3, -0.25) is 4.90 Å². The zero-order valence-electron chi connectivity index (χ0n) is 13.4. The largest absolute Gasteiger partial charge is 0.379 e. The molecular formula is C15H32N2O2. The van der Waals surface area contributed by atoms with Gasteiger partial charge in [-0.25, -0.2) is 0 Å². The van der Waals surface area contributed by atoms with Crippen molar-refractivity contribution in [2.75, 3.05) is 39.5 Å². The molecule has 1 atom stereocenters. The van der Waals surface area contributed by atoms with Gasteiger partial charge in [0.2, 0.25) is 0 Å². The van der Waals surface area contributed by atoms with Crippen LogP contribution in [0, 0.1) is 0 Å². The SMILES string of the molecule is CCCNC(COC(C)C)C(C)(C)N1CCOCC1. The predicted octanol–water partition coefficient (Wildman–Crippen LogP) is 1.89. The first-order valence-electron chi connectivity index (χ1n) is 7.66. The molecule has 19 heavy (non-hydrogen) atoms. The molecule has 4 nitrogen and oxygen atoms in total. The maximum Gasteiger partial charge on any atom is 0.0641 e. The van der Waals surface area contributed by atoms with Crippen molar-refractivity contribution in [3.05, 3.63) is 0 Å². The van der Waals surface area contributed by atoms with Gasteiger partial charge >= 0.3 is 0 Å². The van der Waals surface area contributed by atoms with E-state index in [9.17, 15) is 0 Å². The van der Waals surface area contributed by atoms with Gasteiger partial charge in [0, 0.05) is 24.7 Å². The average molecular weight is 272 g/mol. The summed E-state index contributed by atoms with van der Waals surface area (Å²) in [5.41, 5.74) is 0.0911. The van der Waals surface area contributed by atoms with Gasteiger partial charge in [0.05, 0.1) is 25.9 Å². The van der Waals surface area contributed by atoms with Crippen molar-refractivity contribution in [3.8, 4) is 0 Å². The zero-order valence-corrected chi connectivity index (χ0v) is 13.4. The van der Waals surface area contributed by atoms with Crippen LogP contribution in [0.25, 0.3) is 0 Å². The van der Waals surface area contributed by atoms with Crippen molar-refractivity contribution < 1.29 is 9.47 Å². The molecule has 1 N–H and O–H groups in total. The molecule has 0 aromatic heterocycles. The second kappa shape index (κ2) is 8.20. The second-order valence-corrected chi connectivity index (χ2v) is 6.14. The number of hydrogen-bond acceptors (Lipinski definition) is 4. The Hall–Kier alpha value is -0.160. The highest BCUT2D eigenvalue weighted by atomic mass is 16.5. The number of nitrogens with zero attached hydrogens (tertiary/aromatic N) is 1. The average Bonchev–Trinajstić information content (AvgIpc) is 2.39. The third kappa shape index (κ3) is 5.38. The van der Waals surface area contributed by atoms with E-state index in [1.165, 1.54) is 0 Å². The van der Waals surface area contributed by atoms with Crippen LogP contribution in [0.3, 0.4) is 0 Å². The maximum atomic E-state index is 5.86. The maximum absolute atomic E-state index is 5.86.